The number of nitrogens with zero attached hydrogens (tertiary/aromatic N) is 2. The predicted molar refractivity (Wildman–Crippen MR) is 307 cm³/mol. The van der Waals surface area contributed by atoms with Crippen LogP contribution in [0.1, 0.15) is 108 Å². The Morgan fingerprint density at radius 2 is 0.972 bits per heavy atom. The van der Waals surface area contributed by atoms with E-state index >= 15 is 0 Å². The Hall–Kier alpha value is -7.36. The van der Waals surface area contributed by atoms with Gasteiger partial charge in [-0.1, -0.05) is 174 Å². The van der Waals surface area contributed by atoms with E-state index in [0.717, 1.165) is 0 Å². The van der Waals surface area contributed by atoms with Crippen molar-refractivity contribution in [3.05, 3.63) is 206 Å². The van der Waals surface area contributed by atoms with Crippen molar-refractivity contribution in [2.24, 2.45) is 0 Å². The van der Waals surface area contributed by atoms with Gasteiger partial charge in [0.25, 0.3) is 6.71 Å². The number of aryl methyl sites for hydroxylation is 6. The fraction of sp³-hybridized carbons (Fsp3) is 0.217. The first-order valence-electron chi connectivity index (χ1n) is 26.3. The van der Waals surface area contributed by atoms with Crippen molar-refractivity contribution >= 4 is 66.6 Å². The van der Waals surface area contributed by atoms with Crippen LogP contribution in [0.5, 0.6) is 0 Å². The molecule has 3 heteroatoms. The highest BCUT2D eigenvalue weighted by atomic mass is 15.1. The molecule has 11 aromatic rings. The molecule has 348 valence electrons. The van der Waals surface area contributed by atoms with Gasteiger partial charge >= 0.3 is 0 Å². The molecule has 5 heterocycles. The van der Waals surface area contributed by atoms with Crippen LogP contribution < -0.4 is 16.4 Å². The van der Waals surface area contributed by atoms with E-state index in [1.807, 2.05) is 0 Å². The third-order valence-electron chi connectivity index (χ3n) is 17.9. The smallest absolute Gasteiger partial charge is 0.252 e. The summed E-state index contributed by atoms with van der Waals surface area (Å²) in [5.41, 5.74) is 34.4. The van der Waals surface area contributed by atoms with Crippen molar-refractivity contribution in [3.8, 4) is 44.9 Å². The molecule has 0 unspecified atom stereocenters. The van der Waals surface area contributed by atoms with Crippen molar-refractivity contribution in [1.82, 2.24) is 9.13 Å². The Bertz CT molecular complexity index is 4270. The number of fused-ring (bicyclic) bond motifs is 13. The predicted octanol–water partition coefficient (Wildman–Crippen LogP) is 15.5. The van der Waals surface area contributed by atoms with E-state index < -0.39 is 5.41 Å². The van der Waals surface area contributed by atoms with Crippen LogP contribution in [0.4, 0.5) is 0 Å². The van der Waals surface area contributed by atoms with Gasteiger partial charge in [-0.05, 0) is 170 Å². The maximum absolute atomic E-state index is 2.79. The lowest BCUT2D eigenvalue weighted by Gasteiger charge is -2.44. The molecule has 0 radical (unpaired) electrons. The summed E-state index contributed by atoms with van der Waals surface area (Å²) < 4.78 is 5.57. The summed E-state index contributed by atoms with van der Waals surface area (Å²) in [5.74, 6) is 0. The normalized spacial score (nSPS) is 14.5. The summed E-state index contributed by atoms with van der Waals surface area (Å²) in [6.45, 7) is 28.3. The van der Waals surface area contributed by atoms with Gasteiger partial charge in [-0.25, -0.2) is 0 Å². The summed E-state index contributed by atoms with van der Waals surface area (Å²) in [6.07, 6.45) is 0. The topological polar surface area (TPSA) is 9.86 Å². The number of benzene rings is 9. The van der Waals surface area contributed by atoms with Gasteiger partial charge in [-0.2, -0.15) is 0 Å². The van der Waals surface area contributed by atoms with E-state index in [1.165, 1.54) is 172 Å². The van der Waals surface area contributed by atoms with Crippen LogP contribution in [0.2, 0.25) is 0 Å². The van der Waals surface area contributed by atoms with Crippen molar-refractivity contribution in [2.75, 3.05) is 0 Å². The third-order valence-corrected chi connectivity index (χ3v) is 17.9. The van der Waals surface area contributed by atoms with E-state index in [0.29, 0.717) is 0 Å². The molecule has 1 aliphatic carbocycles. The number of hydrogen-bond donors (Lipinski definition) is 0. The molecule has 9 aromatic carbocycles. The van der Waals surface area contributed by atoms with Crippen LogP contribution in [0, 0.1) is 41.5 Å². The molecule has 1 spiro atoms. The Balaban J connectivity index is 1.24. The summed E-state index contributed by atoms with van der Waals surface area (Å²) in [7, 11) is 0. The Morgan fingerprint density at radius 1 is 0.431 bits per heavy atom. The van der Waals surface area contributed by atoms with Crippen LogP contribution >= 0.6 is 0 Å². The van der Waals surface area contributed by atoms with Gasteiger partial charge in [0.2, 0.25) is 0 Å². The Labute approximate surface area is 424 Å². The molecule has 72 heavy (non-hydrogen) atoms. The van der Waals surface area contributed by atoms with Gasteiger partial charge in [0.1, 0.15) is 0 Å². The van der Waals surface area contributed by atoms with E-state index in [2.05, 4.69) is 232 Å². The van der Waals surface area contributed by atoms with Gasteiger partial charge in [-0.15, -0.1) is 0 Å². The van der Waals surface area contributed by atoms with Crippen molar-refractivity contribution in [2.45, 2.75) is 99.3 Å². The second-order valence-electron chi connectivity index (χ2n) is 24.4. The molecule has 4 aliphatic rings. The Morgan fingerprint density at radius 3 is 1.60 bits per heavy atom. The zero-order valence-corrected chi connectivity index (χ0v) is 43.8. The molecule has 0 fully saturated rings. The largest absolute Gasteiger partial charge is 0.310 e. The third kappa shape index (κ3) is 4.98. The molecule has 2 nitrogen and oxygen atoms in total. The standard InChI is InChI=1S/C69H59BN2/c1-36-27-38(3)57(39(4)28-36)60-59-45-20-14-13-19-42(45)31-54-65(59)71(66(60)58-40(5)29-37(2)30-41(58)6)56-26-25-52-64-61(56)70(54)55-35-44(68(10,11)12)33-49-48-32-43(67(7,8)9)34-53(62(48)72(64)63(49)55)69(52)50-23-17-15-21-46(50)47-22-16-18-24-51(47)69/h13-35H,1-12H3. The average molecular weight is 927 g/mol. The van der Waals surface area contributed by atoms with Crippen LogP contribution in [-0.2, 0) is 16.2 Å². The maximum atomic E-state index is 2.79. The van der Waals surface area contributed by atoms with Gasteiger partial charge in [0, 0.05) is 44.2 Å². The van der Waals surface area contributed by atoms with Crippen LogP contribution in [0.25, 0.3) is 88.4 Å². The van der Waals surface area contributed by atoms with Gasteiger partial charge in [0.05, 0.1) is 22.1 Å². The van der Waals surface area contributed by atoms with Gasteiger partial charge in [-0.3, -0.25) is 0 Å². The lowest BCUT2D eigenvalue weighted by molar-refractivity contribution is 0.588. The maximum Gasteiger partial charge on any atom is 0.252 e. The highest BCUT2D eigenvalue weighted by Crippen LogP contribution is 2.62. The second kappa shape index (κ2) is 13.6. The Kier molecular flexibility index (Phi) is 7.98. The van der Waals surface area contributed by atoms with Crippen molar-refractivity contribution in [3.63, 3.8) is 0 Å². The highest BCUT2D eigenvalue weighted by molar-refractivity contribution is 7.00. The monoisotopic (exact) mass is 926 g/mol. The first-order chi connectivity index (χ1) is 34.5. The fourth-order valence-corrected chi connectivity index (χ4v) is 15.2. The molecular formula is C69H59BN2. The number of aromatic nitrogens is 2. The first-order valence-corrected chi connectivity index (χ1v) is 26.3. The minimum absolute atomic E-state index is 0.0280. The van der Waals surface area contributed by atoms with Crippen LogP contribution in [0.15, 0.2) is 140 Å². The van der Waals surface area contributed by atoms with E-state index in [9.17, 15) is 0 Å². The molecule has 0 saturated heterocycles. The van der Waals surface area contributed by atoms with Crippen molar-refractivity contribution in [1.29, 1.82) is 0 Å². The molecule has 15 rings (SSSR count). The zero-order valence-electron chi connectivity index (χ0n) is 43.8. The molecule has 2 aromatic heterocycles. The van der Waals surface area contributed by atoms with Crippen LogP contribution in [-0.4, -0.2) is 15.8 Å². The summed E-state index contributed by atoms with van der Waals surface area (Å²) in [6, 6.07) is 55.8. The van der Waals surface area contributed by atoms with Gasteiger partial charge < -0.3 is 9.13 Å². The van der Waals surface area contributed by atoms with E-state index in [4.69, 9.17) is 0 Å². The minimum atomic E-state index is -0.555. The molecule has 3 aliphatic heterocycles. The van der Waals surface area contributed by atoms with E-state index in [-0.39, 0.29) is 17.5 Å². The van der Waals surface area contributed by atoms with E-state index in [1.54, 1.807) is 0 Å². The molecule has 0 bridgehead atoms. The molecule has 0 saturated carbocycles. The van der Waals surface area contributed by atoms with Gasteiger partial charge in [0.15, 0.2) is 0 Å². The lowest BCUT2D eigenvalue weighted by atomic mass is 9.33. The molecular weight excluding hydrogens is 868 g/mol. The minimum Gasteiger partial charge on any atom is -0.310 e. The average Bonchev–Trinajstić information content (AvgIpc) is 3.96. The van der Waals surface area contributed by atoms with Crippen molar-refractivity contribution < 1.29 is 0 Å². The molecule has 0 atom stereocenters. The molecule has 0 amide bonds. The lowest BCUT2D eigenvalue weighted by Crippen LogP contribution is -2.60. The fourth-order valence-electron chi connectivity index (χ4n) is 15.2. The number of rotatable bonds is 2. The summed E-state index contributed by atoms with van der Waals surface area (Å²) in [5, 5.41) is 6.70. The highest BCUT2D eigenvalue weighted by Gasteiger charge is 2.55. The number of hydrogen-bond acceptors (Lipinski definition) is 0. The summed E-state index contributed by atoms with van der Waals surface area (Å²) in [4.78, 5) is 0. The summed E-state index contributed by atoms with van der Waals surface area (Å²) >= 11 is 0. The van der Waals surface area contributed by atoms with Crippen LogP contribution in [0.3, 0.4) is 0 Å². The quantitative estimate of drug-likeness (QED) is 0.153. The SMILES string of the molecule is Cc1cc(C)c(-c2c(-c3c(C)cc(C)cc3C)n3c4c(cc5ccccc5c24)B2c4c-3ccc3c4-n4c5c2cc(C(C)(C)C)cc5c2cc(C(C)(C)C)cc(c24)C32c3ccccc3-c3ccccc32)c(C)c1. The second-order valence-corrected chi connectivity index (χ2v) is 24.4. The molecule has 0 N–H and O–H groups in total. The zero-order chi connectivity index (χ0) is 49.4. The first kappa shape index (κ1) is 42.3.